The molecule has 2 rings (SSSR count). The number of halogens is 1. The van der Waals surface area contributed by atoms with E-state index in [0.717, 1.165) is 5.56 Å². The number of hydrogen-bond donors (Lipinski definition) is 2. The van der Waals surface area contributed by atoms with E-state index in [-0.39, 0.29) is 23.7 Å². The van der Waals surface area contributed by atoms with E-state index in [0.29, 0.717) is 51.0 Å². The molecular weight excluding hydrogens is 319 g/mol. The molecule has 0 unspecified atom stereocenters. The number of benzene rings is 1. The first-order valence-corrected chi connectivity index (χ1v) is 8.76. The molecule has 1 heterocycles. The second-order valence-electron chi connectivity index (χ2n) is 6.47. The van der Waals surface area contributed by atoms with Crippen molar-refractivity contribution in [2.45, 2.75) is 38.3 Å². The highest BCUT2D eigenvalue weighted by atomic mass is 19.1. The fourth-order valence-corrected chi connectivity index (χ4v) is 3.07. The molecule has 1 amide bonds. The summed E-state index contributed by atoms with van der Waals surface area (Å²) in [6.45, 7) is 8.93. The smallest absolute Gasteiger partial charge is 0.224 e. The van der Waals surface area contributed by atoms with Crippen LogP contribution >= 0.6 is 0 Å². The van der Waals surface area contributed by atoms with Crippen LogP contribution in [-0.2, 0) is 11.3 Å². The number of piperidine rings is 1. The maximum absolute atomic E-state index is 14.4. The second-order valence-corrected chi connectivity index (χ2v) is 6.47. The summed E-state index contributed by atoms with van der Waals surface area (Å²) in [5.41, 5.74) is 1.28. The number of anilines is 1. The van der Waals surface area contributed by atoms with Gasteiger partial charge >= 0.3 is 0 Å². The number of amides is 1. The summed E-state index contributed by atoms with van der Waals surface area (Å²) < 4.78 is 14.4. The lowest BCUT2D eigenvalue weighted by Crippen LogP contribution is -2.36. The van der Waals surface area contributed by atoms with E-state index in [2.05, 4.69) is 18.5 Å². The lowest BCUT2D eigenvalue weighted by Gasteiger charge is -2.31. The minimum absolute atomic E-state index is 0.0747. The summed E-state index contributed by atoms with van der Waals surface area (Å²) in [5, 5.41) is 12.4. The van der Waals surface area contributed by atoms with Crippen LogP contribution in [0.25, 0.3) is 0 Å². The Labute approximate surface area is 149 Å². The minimum atomic E-state index is -0.295. The van der Waals surface area contributed by atoms with Crippen LogP contribution in [0.4, 0.5) is 10.1 Å². The third-order valence-corrected chi connectivity index (χ3v) is 4.56. The topological polar surface area (TPSA) is 52.6 Å². The highest BCUT2D eigenvalue weighted by molar-refractivity contribution is 5.79. The Kier molecular flexibility index (Phi) is 7.19. The normalized spacial score (nSPS) is 15.2. The van der Waals surface area contributed by atoms with Crippen molar-refractivity contribution in [3.63, 3.8) is 0 Å². The first-order valence-electron chi connectivity index (χ1n) is 8.76. The number of nitrogens with one attached hydrogen (secondary N) is 1. The molecule has 25 heavy (non-hydrogen) atoms. The maximum Gasteiger partial charge on any atom is 0.224 e. The van der Waals surface area contributed by atoms with Crippen LogP contribution < -0.4 is 10.2 Å². The molecule has 1 aliphatic heterocycles. The fraction of sp³-hybridized carbons (Fsp3) is 0.450. The molecule has 0 aromatic heterocycles. The average Bonchev–Trinajstić information content (AvgIpc) is 2.60. The number of carbonyl (C=O) groups is 1. The van der Waals surface area contributed by atoms with Crippen molar-refractivity contribution < 1.29 is 14.3 Å². The van der Waals surface area contributed by atoms with Gasteiger partial charge in [-0.25, -0.2) is 4.39 Å². The summed E-state index contributed by atoms with van der Waals surface area (Å²) in [7, 11) is 0. The Morgan fingerprint density at radius 2 is 1.96 bits per heavy atom. The van der Waals surface area contributed by atoms with Gasteiger partial charge in [0, 0.05) is 25.6 Å². The van der Waals surface area contributed by atoms with Crippen molar-refractivity contribution in [2.75, 3.05) is 18.0 Å². The van der Waals surface area contributed by atoms with Crippen molar-refractivity contribution in [2.24, 2.45) is 5.92 Å². The molecule has 4 nitrogen and oxygen atoms in total. The van der Waals surface area contributed by atoms with Gasteiger partial charge in [0.1, 0.15) is 5.82 Å². The zero-order valence-electron chi connectivity index (χ0n) is 14.6. The molecule has 1 aromatic rings. The molecule has 0 bridgehead atoms. The van der Waals surface area contributed by atoms with Gasteiger partial charge in [0.15, 0.2) is 0 Å². The summed E-state index contributed by atoms with van der Waals surface area (Å²) in [6, 6.07) is 5.05. The van der Waals surface area contributed by atoms with E-state index in [1.165, 1.54) is 6.07 Å². The lowest BCUT2D eigenvalue weighted by molar-refractivity contribution is -0.125. The number of aliphatic hydroxyl groups excluding tert-OH is 1. The molecule has 1 fully saturated rings. The van der Waals surface area contributed by atoms with Gasteiger partial charge < -0.3 is 15.3 Å². The number of allylic oxidation sites excluding steroid dienone is 2. The van der Waals surface area contributed by atoms with Crippen molar-refractivity contribution in [1.82, 2.24) is 5.32 Å². The van der Waals surface area contributed by atoms with E-state index < -0.39 is 0 Å². The van der Waals surface area contributed by atoms with Crippen LogP contribution in [0.5, 0.6) is 0 Å². The number of nitrogens with zero attached hydrogens (tertiary/aromatic N) is 1. The van der Waals surface area contributed by atoms with Crippen LogP contribution in [0.15, 0.2) is 43.5 Å². The van der Waals surface area contributed by atoms with Crippen molar-refractivity contribution in [3.05, 3.63) is 54.9 Å². The third kappa shape index (κ3) is 5.43. The van der Waals surface area contributed by atoms with E-state index in [9.17, 15) is 14.3 Å². The number of rotatable bonds is 8. The van der Waals surface area contributed by atoms with Gasteiger partial charge in [-0.15, -0.1) is 13.2 Å². The Hall–Kier alpha value is -2.14. The van der Waals surface area contributed by atoms with Gasteiger partial charge in [0.2, 0.25) is 5.91 Å². The number of hydrogen-bond acceptors (Lipinski definition) is 3. The SMILES string of the molecule is C=CCC(CC=C)C(=O)NCc1ccc(N2CCC(O)CC2)c(F)c1. The van der Waals surface area contributed by atoms with E-state index in [1.807, 2.05) is 11.0 Å². The molecule has 1 saturated heterocycles. The molecule has 1 aromatic carbocycles. The zero-order chi connectivity index (χ0) is 18.2. The number of aliphatic hydroxyl groups is 1. The Bertz CT molecular complexity index is 600. The van der Waals surface area contributed by atoms with E-state index >= 15 is 0 Å². The first kappa shape index (κ1) is 19.2. The highest BCUT2D eigenvalue weighted by Gasteiger charge is 2.20. The predicted molar refractivity (Wildman–Crippen MR) is 98.8 cm³/mol. The van der Waals surface area contributed by atoms with Gasteiger partial charge in [0.25, 0.3) is 0 Å². The molecule has 0 radical (unpaired) electrons. The van der Waals surface area contributed by atoms with Crippen LogP contribution in [0, 0.1) is 11.7 Å². The molecule has 0 saturated carbocycles. The predicted octanol–water partition coefficient (Wildman–Crippen LogP) is 3.17. The van der Waals surface area contributed by atoms with Gasteiger partial charge in [-0.2, -0.15) is 0 Å². The van der Waals surface area contributed by atoms with Gasteiger partial charge in [-0.3, -0.25) is 4.79 Å². The number of carbonyl (C=O) groups excluding carboxylic acids is 1. The maximum atomic E-state index is 14.4. The molecule has 136 valence electrons. The summed E-state index contributed by atoms with van der Waals surface area (Å²) in [4.78, 5) is 14.1. The molecule has 0 spiro atoms. The molecule has 5 heteroatoms. The lowest BCUT2D eigenvalue weighted by atomic mass is 10.0. The molecule has 0 aliphatic carbocycles. The second kappa shape index (κ2) is 9.37. The molecular formula is C20H27FN2O2. The minimum Gasteiger partial charge on any atom is -0.393 e. The average molecular weight is 346 g/mol. The van der Waals surface area contributed by atoms with Gasteiger partial charge in [-0.05, 0) is 43.4 Å². The van der Waals surface area contributed by atoms with E-state index in [4.69, 9.17) is 0 Å². The van der Waals surface area contributed by atoms with Crippen molar-refractivity contribution in [1.29, 1.82) is 0 Å². The highest BCUT2D eigenvalue weighted by Crippen LogP contribution is 2.24. The Morgan fingerprint density at radius 3 is 2.52 bits per heavy atom. The molecule has 2 N–H and O–H groups in total. The van der Waals surface area contributed by atoms with Crippen LogP contribution in [0.1, 0.15) is 31.2 Å². The van der Waals surface area contributed by atoms with Crippen molar-refractivity contribution >= 4 is 11.6 Å². The van der Waals surface area contributed by atoms with Crippen LogP contribution in [-0.4, -0.2) is 30.2 Å². The van der Waals surface area contributed by atoms with Gasteiger partial charge in [-0.1, -0.05) is 18.2 Å². The first-order chi connectivity index (χ1) is 12.0. The quantitative estimate of drug-likeness (QED) is 0.711. The molecule has 0 atom stereocenters. The summed E-state index contributed by atoms with van der Waals surface area (Å²) in [6.07, 6.45) is 5.65. The van der Waals surface area contributed by atoms with Gasteiger partial charge in [0.05, 0.1) is 11.8 Å². The van der Waals surface area contributed by atoms with E-state index in [1.54, 1.807) is 18.2 Å². The zero-order valence-corrected chi connectivity index (χ0v) is 14.6. The standard InChI is InChI=1S/C20H27FN2O2/c1-3-5-16(6-4-2)20(25)22-14-15-7-8-19(18(21)13-15)23-11-9-17(24)10-12-23/h3-4,7-8,13,16-17,24H,1-2,5-6,9-12,14H2,(H,22,25). The third-order valence-electron chi connectivity index (χ3n) is 4.56. The van der Waals surface area contributed by atoms with Crippen LogP contribution in [0.2, 0.25) is 0 Å². The van der Waals surface area contributed by atoms with Crippen LogP contribution in [0.3, 0.4) is 0 Å². The fourth-order valence-electron chi connectivity index (χ4n) is 3.07. The largest absolute Gasteiger partial charge is 0.393 e. The monoisotopic (exact) mass is 346 g/mol. The molecule has 1 aliphatic rings. The van der Waals surface area contributed by atoms with Crippen molar-refractivity contribution in [3.8, 4) is 0 Å². The summed E-state index contributed by atoms with van der Waals surface area (Å²) >= 11 is 0. The Morgan fingerprint density at radius 1 is 1.32 bits per heavy atom. The Balaban J connectivity index is 1.95. The summed E-state index contributed by atoms with van der Waals surface area (Å²) in [5.74, 6) is -0.551.